The molecule has 14 heteroatoms. The monoisotopic (exact) mass is 700 g/mol. The fraction of sp³-hybridized carbons (Fsp3) is 0. The van der Waals surface area contributed by atoms with Gasteiger partial charge in [-0.15, -0.1) is 0 Å². The Balaban J connectivity index is 1.23. The number of anilines is 2. The number of hydrogen-bond acceptors (Lipinski definition) is 8. The molecule has 4 N–H and O–H groups in total. The van der Waals surface area contributed by atoms with Gasteiger partial charge in [0.05, 0.1) is 21.2 Å². The Morgan fingerprint density at radius 1 is 0.360 bits per heavy atom. The number of sulfonamides is 2. The first-order valence-corrected chi connectivity index (χ1v) is 18.1. The van der Waals surface area contributed by atoms with Crippen LogP contribution in [0.25, 0.3) is 43.1 Å². The van der Waals surface area contributed by atoms with Gasteiger partial charge in [-0.3, -0.25) is 19.2 Å². The number of primary sulfonamides is 2. The molecule has 9 rings (SSSR count). The molecule has 0 saturated carbocycles. The third kappa shape index (κ3) is 3.92. The summed E-state index contributed by atoms with van der Waals surface area (Å²) in [7, 11) is -7.97. The number of nitrogens with two attached hydrogens (primary N) is 2. The number of imide groups is 2. The highest BCUT2D eigenvalue weighted by Crippen LogP contribution is 2.47. The minimum atomic E-state index is -3.99. The first-order chi connectivity index (χ1) is 23.8. The third-order valence-corrected chi connectivity index (χ3v) is 11.3. The predicted octanol–water partition coefficient (Wildman–Crippen LogP) is 4.63. The molecule has 0 spiro atoms. The lowest BCUT2D eigenvalue weighted by Gasteiger charge is -2.30. The summed E-state index contributed by atoms with van der Waals surface area (Å²) in [5.74, 6) is -2.34. The van der Waals surface area contributed by atoms with E-state index in [2.05, 4.69) is 0 Å². The molecule has 2 aliphatic heterocycles. The van der Waals surface area contributed by atoms with Crippen molar-refractivity contribution in [1.29, 1.82) is 0 Å². The minimum Gasteiger partial charge on any atom is -0.268 e. The lowest BCUT2D eigenvalue weighted by molar-refractivity contribution is 0.0877. The summed E-state index contributed by atoms with van der Waals surface area (Å²) in [5.41, 5.74) is 1.47. The molecule has 0 radical (unpaired) electrons. The molecule has 12 nitrogen and oxygen atoms in total. The molecule has 7 aromatic rings. The summed E-state index contributed by atoms with van der Waals surface area (Å²) in [6, 6.07) is 24.0. The van der Waals surface area contributed by atoms with Crippen molar-refractivity contribution in [1.82, 2.24) is 0 Å². The topological polar surface area (TPSA) is 195 Å². The van der Waals surface area contributed by atoms with Crippen LogP contribution >= 0.6 is 0 Å². The first-order valence-electron chi connectivity index (χ1n) is 15.0. The molecule has 0 aromatic heterocycles. The summed E-state index contributed by atoms with van der Waals surface area (Å²) < 4.78 is 47.1. The molecule has 0 atom stereocenters. The van der Waals surface area contributed by atoms with Crippen LogP contribution in [-0.2, 0) is 20.0 Å². The average Bonchev–Trinajstić information content (AvgIpc) is 3.08. The number of nitrogens with zero attached hydrogens (tertiary/aromatic N) is 2. The molecule has 7 aromatic carbocycles. The van der Waals surface area contributed by atoms with Crippen molar-refractivity contribution in [3.63, 3.8) is 0 Å². The van der Waals surface area contributed by atoms with Gasteiger partial charge >= 0.3 is 0 Å². The summed E-state index contributed by atoms with van der Waals surface area (Å²) in [6.45, 7) is 0. The summed E-state index contributed by atoms with van der Waals surface area (Å²) in [6.07, 6.45) is 0. The molecule has 2 aliphatic rings. The molecule has 0 aliphatic carbocycles. The van der Waals surface area contributed by atoms with Crippen molar-refractivity contribution >= 4 is 98.1 Å². The van der Waals surface area contributed by atoms with Crippen molar-refractivity contribution in [2.75, 3.05) is 9.80 Å². The molecule has 244 valence electrons. The maximum atomic E-state index is 13.9. The highest BCUT2D eigenvalue weighted by atomic mass is 32.2. The Hall–Kier alpha value is -6.06. The lowest BCUT2D eigenvalue weighted by Crippen LogP contribution is -2.40. The van der Waals surface area contributed by atoms with Crippen LogP contribution in [0.15, 0.2) is 107 Å². The quantitative estimate of drug-likeness (QED) is 0.151. The van der Waals surface area contributed by atoms with Gasteiger partial charge in [0.15, 0.2) is 0 Å². The van der Waals surface area contributed by atoms with E-state index in [1.165, 1.54) is 48.5 Å². The Bertz CT molecular complexity index is 2670. The second kappa shape index (κ2) is 9.77. The Morgan fingerprint density at radius 2 is 0.620 bits per heavy atom. The maximum Gasteiger partial charge on any atom is 0.265 e. The van der Waals surface area contributed by atoms with E-state index in [4.69, 9.17) is 10.3 Å². The zero-order valence-corrected chi connectivity index (χ0v) is 27.0. The molecule has 0 bridgehead atoms. The van der Waals surface area contributed by atoms with E-state index in [0.717, 1.165) is 9.80 Å². The van der Waals surface area contributed by atoms with Crippen molar-refractivity contribution in [2.45, 2.75) is 9.79 Å². The second-order valence-corrected chi connectivity index (χ2v) is 15.2. The van der Waals surface area contributed by atoms with E-state index >= 15 is 0 Å². The van der Waals surface area contributed by atoms with Crippen LogP contribution in [0.1, 0.15) is 41.4 Å². The van der Waals surface area contributed by atoms with Gasteiger partial charge in [-0.25, -0.2) is 36.9 Å². The van der Waals surface area contributed by atoms with E-state index in [0.29, 0.717) is 43.1 Å². The average molecular weight is 701 g/mol. The molecule has 4 amide bonds. The molecule has 0 unspecified atom stereocenters. The highest BCUT2D eigenvalue weighted by molar-refractivity contribution is 7.89. The number of benzene rings is 7. The zero-order valence-electron chi connectivity index (χ0n) is 25.4. The van der Waals surface area contributed by atoms with Gasteiger partial charge < -0.3 is 0 Å². The van der Waals surface area contributed by atoms with Crippen LogP contribution < -0.4 is 20.1 Å². The predicted molar refractivity (Wildman–Crippen MR) is 186 cm³/mol. The molecular formula is C36H20N4O8S2. The maximum absolute atomic E-state index is 13.9. The van der Waals surface area contributed by atoms with Gasteiger partial charge in [-0.1, -0.05) is 24.3 Å². The largest absolute Gasteiger partial charge is 0.268 e. The van der Waals surface area contributed by atoms with Crippen LogP contribution in [0.3, 0.4) is 0 Å². The number of rotatable bonds is 4. The smallest absolute Gasteiger partial charge is 0.265 e. The Morgan fingerprint density at radius 3 is 0.860 bits per heavy atom. The van der Waals surface area contributed by atoms with Crippen LogP contribution in [0.2, 0.25) is 0 Å². The molecule has 0 saturated heterocycles. The van der Waals surface area contributed by atoms with E-state index in [9.17, 15) is 36.0 Å². The van der Waals surface area contributed by atoms with E-state index in [1.807, 2.05) is 0 Å². The number of carbonyl (C=O) groups is 4. The Kier molecular flexibility index (Phi) is 5.87. The van der Waals surface area contributed by atoms with E-state index in [-0.39, 0.29) is 43.4 Å². The third-order valence-electron chi connectivity index (χ3n) is 9.48. The van der Waals surface area contributed by atoms with Gasteiger partial charge in [-0.2, -0.15) is 0 Å². The lowest BCUT2D eigenvalue weighted by atomic mass is 9.82. The fourth-order valence-corrected chi connectivity index (χ4v) is 8.34. The SMILES string of the molecule is NS(=O)(=O)c1ccc(N2C(=O)c3ccc4c5ccc6c7c(ccc(c8ccc(c3c48)C2=O)c75)C(=O)N(c2ccc(S(N)(=O)=O)cc2)C6=O)cc1. The van der Waals surface area contributed by atoms with Gasteiger partial charge in [-0.05, 0) is 105 Å². The van der Waals surface area contributed by atoms with Crippen LogP contribution in [0.5, 0.6) is 0 Å². The van der Waals surface area contributed by atoms with Gasteiger partial charge in [0.25, 0.3) is 23.6 Å². The van der Waals surface area contributed by atoms with Crippen molar-refractivity contribution in [3.8, 4) is 0 Å². The molecular weight excluding hydrogens is 681 g/mol. The number of hydrogen-bond donors (Lipinski definition) is 2. The van der Waals surface area contributed by atoms with Gasteiger partial charge in [0.1, 0.15) is 0 Å². The van der Waals surface area contributed by atoms with Crippen molar-refractivity contribution in [2.24, 2.45) is 10.3 Å². The fourth-order valence-electron chi connectivity index (χ4n) is 7.31. The summed E-state index contributed by atoms with van der Waals surface area (Å²) in [4.78, 5) is 57.4. The number of fused-ring (bicyclic) bond motifs is 2. The summed E-state index contributed by atoms with van der Waals surface area (Å²) in [5, 5.41) is 15.6. The zero-order chi connectivity index (χ0) is 35.0. The molecule has 2 heterocycles. The van der Waals surface area contributed by atoms with Crippen molar-refractivity contribution < 1.29 is 36.0 Å². The molecule has 0 fully saturated rings. The van der Waals surface area contributed by atoms with Crippen molar-refractivity contribution in [3.05, 3.63) is 119 Å². The molecule has 50 heavy (non-hydrogen) atoms. The first kappa shape index (κ1) is 30.0. The van der Waals surface area contributed by atoms with Crippen LogP contribution in [0.4, 0.5) is 11.4 Å². The highest BCUT2D eigenvalue weighted by Gasteiger charge is 2.38. The van der Waals surface area contributed by atoms with Gasteiger partial charge in [0, 0.05) is 33.0 Å². The van der Waals surface area contributed by atoms with Crippen LogP contribution in [-0.4, -0.2) is 40.5 Å². The normalized spacial score (nSPS) is 15.0. The van der Waals surface area contributed by atoms with Gasteiger partial charge in [0.2, 0.25) is 20.0 Å². The van der Waals surface area contributed by atoms with E-state index in [1.54, 1.807) is 48.5 Å². The summed E-state index contributed by atoms with van der Waals surface area (Å²) >= 11 is 0. The second-order valence-electron chi connectivity index (χ2n) is 12.1. The standard InChI is InChI=1S/C36H20N4O8S2/c37-49(45,46)19-5-1-17(2-6-19)39-33(41)25-13-9-21-23-11-15-27-32-28(36(44)40(35(27)43)18-3-7-20(8-4-18)50(38,47)48)16-12-24(30(23)32)22-10-14-26(34(39)42)31(25)29(21)22/h1-16H,(H2,37,45,46)(H2,38,47,48). The Labute approximate surface area is 282 Å². The van der Waals surface area contributed by atoms with Crippen LogP contribution in [0, 0.1) is 0 Å². The number of carbonyl (C=O) groups excluding carboxylic acids is 4. The number of amides is 4. The minimum absolute atomic E-state index is 0.161. The van der Waals surface area contributed by atoms with E-state index < -0.39 is 43.7 Å².